The van der Waals surface area contributed by atoms with E-state index >= 15 is 0 Å². The second-order valence-electron chi connectivity index (χ2n) is 11.7. The molecule has 0 radical (unpaired) electrons. The molecule has 0 bridgehead atoms. The van der Waals surface area contributed by atoms with Gasteiger partial charge in [0.15, 0.2) is 0 Å². The molecule has 222 valence electrons. The smallest absolute Gasteiger partial charge is 0.323 e. The van der Waals surface area contributed by atoms with Crippen LogP contribution in [0.25, 0.3) is 11.1 Å². The summed E-state index contributed by atoms with van der Waals surface area (Å²) in [5.41, 5.74) is 3.26. The van der Waals surface area contributed by atoms with Crippen molar-refractivity contribution in [2.24, 2.45) is 0 Å². The molecule has 0 saturated carbocycles. The molecule has 42 heavy (non-hydrogen) atoms. The third kappa shape index (κ3) is 7.40. The monoisotopic (exact) mass is 571 g/mol. The van der Waals surface area contributed by atoms with E-state index in [9.17, 15) is 14.7 Å². The van der Waals surface area contributed by atoms with Crippen molar-refractivity contribution < 1.29 is 14.6 Å². The number of hydrogen-bond donors (Lipinski definition) is 4. The van der Waals surface area contributed by atoms with E-state index in [0.29, 0.717) is 35.5 Å². The Bertz CT molecular complexity index is 1580. The Hall–Kier alpha value is -4.53. The third-order valence-electron chi connectivity index (χ3n) is 6.84. The van der Waals surface area contributed by atoms with Crippen LogP contribution in [-0.2, 0) is 18.4 Å². The molecule has 4 rings (SSSR count). The molecule has 9 nitrogen and oxygen atoms in total. The molecule has 9 heteroatoms. The quantitative estimate of drug-likeness (QED) is 0.162. The number of amides is 2. The van der Waals surface area contributed by atoms with E-state index in [4.69, 9.17) is 4.74 Å². The molecule has 2 aromatic heterocycles. The summed E-state index contributed by atoms with van der Waals surface area (Å²) in [5, 5.41) is 16.0. The van der Waals surface area contributed by atoms with Crippen molar-refractivity contribution in [2.45, 2.75) is 78.9 Å². The van der Waals surface area contributed by atoms with E-state index in [1.54, 1.807) is 35.3 Å². The highest BCUT2D eigenvalue weighted by Gasteiger charge is 2.22. The summed E-state index contributed by atoms with van der Waals surface area (Å²) < 4.78 is 7.58. The lowest BCUT2D eigenvalue weighted by Gasteiger charge is -2.24. The van der Waals surface area contributed by atoms with Gasteiger partial charge >= 0.3 is 6.03 Å². The van der Waals surface area contributed by atoms with Gasteiger partial charge in [0.2, 0.25) is 0 Å². The molecule has 2 amide bonds. The number of nitrogens with zero attached hydrogens (tertiary/aromatic N) is 2. The number of aryl methyl sites for hydroxylation is 1. The predicted octanol–water partition coefficient (Wildman–Crippen LogP) is 7.06. The highest BCUT2D eigenvalue weighted by molar-refractivity contribution is 6.03. The summed E-state index contributed by atoms with van der Waals surface area (Å²) in [5.74, 6) is 1.28. The van der Waals surface area contributed by atoms with Crippen LogP contribution in [0, 0.1) is 0 Å². The fourth-order valence-electron chi connectivity index (χ4n) is 4.82. The third-order valence-corrected chi connectivity index (χ3v) is 6.84. The van der Waals surface area contributed by atoms with Crippen molar-refractivity contribution in [1.29, 1.82) is 0 Å². The minimum absolute atomic E-state index is 0.0436. The first-order valence-corrected chi connectivity index (χ1v) is 14.4. The van der Waals surface area contributed by atoms with Crippen molar-refractivity contribution in [3.63, 3.8) is 0 Å². The van der Waals surface area contributed by atoms with Crippen LogP contribution in [0.2, 0.25) is 0 Å². The van der Waals surface area contributed by atoms with Gasteiger partial charge in [-0.25, -0.2) is 9.78 Å². The van der Waals surface area contributed by atoms with E-state index in [-0.39, 0.29) is 28.5 Å². The van der Waals surface area contributed by atoms with Gasteiger partial charge in [0.25, 0.3) is 5.56 Å². The summed E-state index contributed by atoms with van der Waals surface area (Å²) in [4.78, 5) is 34.8. The molecule has 0 aliphatic rings. The maximum absolute atomic E-state index is 13.7. The summed E-state index contributed by atoms with van der Waals surface area (Å²) in [6.07, 6.45) is 7.38. The lowest BCUT2D eigenvalue weighted by atomic mass is 9.85. The van der Waals surface area contributed by atoms with Gasteiger partial charge in [-0.2, -0.15) is 0 Å². The van der Waals surface area contributed by atoms with Crippen LogP contribution in [-0.4, -0.2) is 31.8 Å². The molecule has 0 atom stereocenters. The molecule has 0 saturated heterocycles. The number of rotatable bonds is 10. The Morgan fingerprint density at radius 3 is 2.55 bits per heavy atom. The van der Waals surface area contributed by atoms with E-state index in [1.807, 2.05) is 32.0 Å². The van der Waals surface area contributed by atoms with E-state index < -0.39 is 6.03 Å². The zero-order chi connectivity index (χ0) is 30.4. The van der Waals surface area contributed by atoms with Gasteiger partial charge in [-0.1, -0.05) is 46.2 Å². The van der Waals surface area contributed by atoms with Crippen molar-refractivity contribution in [1.82, 2.24) is 14.5 Å². The number of carbonyl (C=O) groups excluding carboxylic acids is 1. The van der Waals surface area contributed by atoms with Crippen LogP contribution in [0.4, 0.5) is 16.2 Å². The minimum Gasteiger partial charge on any atom is -0.508 e. The molecule has 2 aromatic carbocycles. The Balaban J connectivity index is 1.74. The maximum atomic E-state index is 13.7. The van der Waals surface area contributed by atoms with Crippen molar-refractivity contribution in [3.05, 3.63) is 88.4 Å². The van der Waals surface area contributed by atoms with Gasteiger partial charge in [-0.3, -0.25) is 4.79 Å². The number of pyridine rings is 1. The number of urea groups is 1. The van der Waals surface area contributed by atoms with Crippen LogP contribution >= 0.6 is 0 Å². The number of ether oxygens (including phenoxy) is 1. The van der Waals surface area contributed by atoms with Gasteiger partial charge in [-0.05, 0) is 61.1 Å². The standard InChI is InChI=1S/C33H41N5O4/c1-7-8-16-38-17-13-25(24-11-10-23(39)20-28(24)42-21(2)3)30(31(38)40)37-32(41)36-27-18-22(19-29-34-14-15-35-29)9-12-26(27)33(4,5)6/h9-15,17-18,20-21,39H,7-8,16,19H2,1-6H3,(H,34,35)(H2,36,37,41). The van der Waals surface area contributed by atoms with Crippen LogP contribution in [0.15, 0.2) is 65.8 Å². The number of aromatic amines is 1. The SMILES string of the molecule is CCCCn1ccc(-c2ccc(O)cc2OC(C)C)c(NC(=O)Nc2cc(Cc3ncc[nH]3)ccc2C(C)(C)C)c1=O. The number of carbonyl (C=O) groups is 1. The molecule has 0 unspecified atom stereocenters. The van der Waals surface area contributed by atoms with E-state index in [2.05, 4.69) is 48.3 Å². The number of anilines is 2. The van der Waals surface area contributed by atoms with Crippen molar-refractivity contribution in [2.75, 3.05) is 10.6 Å². The number of phenolic OH excluding ortho intramolecular Hbond substituents is 1. The van der Waals surface area contributed by atoms with Gasteiger partial charge in [-0.15, -0.1) is 0 Å². The molecule has 0 fully saturated rings. The summed E-state index contributed by atoms with van der Waals surface area (Å²) in [6, 6.07) is 12.0. The highest BCUT2D eigenvalue weighted by Crippen LogP contribution is 2.37. The van der Waals surface area contributed by atoms with Gasteiger partial charge in [0, 0.05) is 54.4 Å². The first-order chi connectivity index (χ1) is 20.0. The topological polar surface area (TPSA) is 121 Å². The van der Waals surface area contributed by atoms with Crippen LogP contribution in [0.5, 0.6) is 11.5 Å². The maximum Gasteiger partial charge on any atom is 0.323 e. The molecule has 0 spiro atoms. The molecule has 2 heterocycles. The number of imidazole rings is 1. The summed E-state index contributed by atoms with van der Waals surface area (Å²) in [6.45, 7) is 12.6. The highest BCUT2D eigenvalue weighted by atomic mass is 16.5. The summed E-state index contributed by atoms with van der Waals surface area (Å²) in [7, 11) is 0. The van der Waals surface area contributed by atoms with Crippen molar-refractivity contribution in [3.8, 4) is 22.6 Å². The van der Waals surface area contributed by atoms with Gasteiger partial charge in [0.05, 0.1) is 6.10 Å². The zero-order valence-corrected chi connectivity index (χ0v) is 25.2. The Kier molecular flexibility index (Phi) is 9.40. The lowest BCUT2D eigenvalue weighted by Crippen LogP contribution is -2.29. The van der Waals surface area contributed by atoms with Crippen LogP contribution in [0.3, 0.4) is 0 Å². The number of nitrogens with one attached hydrogen (secondary N) is 3. The Morgan fingerprint density at radius 1 is 1.10 bits per heavy atom. The number of hydrogen-bond acceptors (Lipinski definition) is 5. The number of aromatic hydroxyl groups is 1. The second-order valence-corrected chi connectivity index (χ2v) is 11.7. The zero-order valence-electron chi connectivity index (χ0n) is 25.2. The average molecular weight is 572 g/mol. The van der Waals surface area contributed by atoms with Crippen LogP contribution < -0.4 is 20.9 Å². The van der Waals surface area contributed by atoms with Gasteiger partial charge in [0.1, 0.15) is 23.0 Å². The Labute approximate surface area is 247 Å². The molecule has 4 aromatic rings. The summed E-state index contributed by atoms with van der Waals surface area (Å²) >= 11 is 0. The number of aromatic nitrogens is 3. The molecule has 0 aliphatic carbocycles. The Morgan fingerprint density at radius 2 is 1.88 bits per heavy atom. The average Bonchev–Trinajstić information content (AvgIpc) is 3.42. The molecular weight excluding hydrogens is 530 g/mol. The lowest BCUT2D eigenvalue weighted by molar-refractivity contribution is 0.242. The van der Waals surface area contributed by atoms with Gasteiger partial charge < -0.3 is 30.0 Å². The van der Waals surface area contributed by atoms with E-state index in [0.717, 1.165) is 29.8 Å². The first kappa shape index (κ1) is 30.4. The first-order valence-electron chi connectivity index (χ1n) is 14.4. The number of benzene rings is 2. The second kappa shape index (κ2) is 13.0. The van der Waals surface area contributed by atoms with E-state index in [1.165, 1.54) is 12.1 Å². The number of phenols is 1. The molecule has 0 aliphatic heterocycles. The number of unbranched alkanes of at least 4 members (excludes halogenated alkanes) is 1. The largest absolute Gasteiger partial charge is 0.508 e. The number of H-pyrrole nitrogens is 1. The van der Waals surface area contributed by atoms with Crippen LogP contribution in [0.1, 0.15) is 71.3 Å². The predicted molar refractivity (Wildman–Crippen MR) is 168 cm³/mol. The van der Waals surface area contributed by atoms with Crippen molar-refractivity contribution >= 4 is 17.4 Å². The minimum atomic E-state index is -0.535. The fourth-order valence-corrected chi connectivity index (χ4v) is 4.82. The normalized spacial score (nSPS) is 11.5. The molecule has 4 N–H and O–H groups in total. The fraction of sp³-hybridized carbons (Fsp3) is 0.364. The molecular formula is C33H41N5O4.